The summed E-state index contributed by atoms with van der Waals surface area (Å²) in [5, 5.41) is 19.2. The van der Waals surface area contributed by atoms with Gasteiger partial charge in [-0.1, -0.05) is 172 Å². The molecule has 0 bridgehead atoms. The molecule has 0 fully saturated rings. The van der Waals surface area contributed by atoms with E-state index in [0.29, 0.717) is 0 Å². The fourth-order valence-corrected chi connectivity index (χ4v) is 9.38. The number of benzene rings is 8. The first-order valence-corrected chi connectivity index (χ1v) is 18.7. The van der Waals surface area contributed by atoms with Gasteiger partial charge in [-0.15, -0.1) is 0 Å². The number of hydrogen-bond acceptors (Lipinski definition) is 0. The van der Waals surface area contributed by atoms with Crippen molar-refractivity contribution in [1.29, 1.82) is 0 Å². The zero-order valence-electron chi connectivity index (χ0n) is 28.7. The highest BCUT2D eigenvalue weighted by molar-refractivity contribution is 6.44. The predicted molar refractivity (Wildman–Crippen MR) is 219 cm³/mol. The van der Waals surface area contributed by atoms with Gasteiger partial charge in [0.1, 0.15) is 0 Å². The highest BCUT2D eigenvalue weighted by Gasteiger charge is 2.26. The molecule has 240 valence electrons. The Morgan fingerprint density at radius 2 is 0.840 bits per heavy atom. The smallest absolute Gasteiger partial charge is 0.000719 e. The van der Waals surface area contributed by atoms with Crippen molar-refractivity contribution < 1.29 is 0 Å². The van der Waals surface area contributed by atoms with Crippen LogP contribution in [0.5, 0.6) is 0 Å². The maximum Gasteiger partial charge on any atom is -0.000719 e. The van der Waals surface area contributed by atoms with Gasteiger partial charge in [0.05, 0.1) is 0 Å². The summed E-state index contributed by atoms with van der Waals surface area (Å²) in [6.07, 6.45) is 9.05. The van der Waals surface area contributed by atoms with Crippen LogP contribution in [-0.2, 0) is 6.42 Å². The van der Waals surface area contributed by atoms with Crippen molar-refractivity contribution in [2.24, 2.45) is 0 Å². The molecular weight excluding hydrogens is 601 g/mol. The second kappa shape index (κ2) is 11.9. The molecule has 0 N–H and O–H groups in total. The van der Waals surface area contributed by atoms with Crippen LogP contribution in [0, 0.1) is 0 Å². The van der Waals surface area contributed by atoms with Crippen molar-refractivity contribution in [3.8, 4) is 22.3 Å². The maximum absolute atomic E-state index is 2.54. The topological polar surface area (TPSA) is 0 Å². The predicted octanol–water partition coefficient (Wildman–Crippen LogP) is 14.9. The molecule has 10 rings (SSSR count). The number of unbranched alkanes of at least 4 members (excludes halogenated alkanes) is 5. The van der Waals surface area contributed by atoms with Gasteiger partial charge >= 0.3 is 0 Å². The van der Waals surface area contributed by atoms with E-state index in [9.17, 15) is 0 Å². The van der Waals surface area contributed by atoms with Crippen LogP contribution in [0.1, 0.15) is 51.0 Å². The first kappa shape index (κ1) is 29.5. The van der Waals surface area contributed by atoms with Gasteiger partial charge in [-0.3, -0.25) is 0 Å². The highest BCUT2D eigenvalue weighted by Crippen LogP contribution is 2.54. The third kappa shape index (κ3) is 4.31. The Morgan fingerprint density at radius 3 is 1.58 bits per heavy atom. The van der Waals surface area contributed by atoms with Crippen molar-refractivity contribution in [3.63, 3.8) is 0 Å². The molecule has 0 radical (unpaired) electrons. The van der Waals surface area contributed by atoms with Crippen LogP contribution in [0.3, 0.4) is 0 Å². The molecule has 50 heavy (non-hydrogen) atoms. The minimum atomic E-state index is 1.14. The molecule has 0 aliphatic heterocycles. The van der Waals surface area contributed by atoms with Gasteiger partial charge < -0.3 is 0 Å². The molecule has 0 saturated carbocycles. The Hall–Kier alpha value is -5.46. The van der Waals surface area contributed by atoms with E-state index in [1.165, 1.54) is 142 Å². The van der Waals surface area contributed by atoms with Crippen molar-refractivity contribution in [2.45, 2.75) is 51.9 Å². The van der Waals surface area contributed by atoms with Crippen LogP contribution in [0.15, 0.2) is 140 Å². The average Bonchev–Trinajstić information content (AvgIpc) is 3.68. The molecule has 0 unspecified atom stereocenters. The first-order valence-electron chi connectivity index (χ1n) is 18.7. The summed E-state index contributed by atoms with van der Waals surface area (Å²) in [6.45, 7) is 2.30. The average molecular weight is 641 g/mol. The SMILES string of the molecule is CCCCCCCCc1ccc2c3c(-c4ccccc4)c4cc5c6ccccc6c6cccc(c4c(-c4ccccc4)c3c3cccc1c23)c65. The largest absolute Gasteiger partial charge is 0.0654 e. The molecule has 10 aromatic carbocycles. The molecule has 10 aromatic rings. The van der Waals surface area contributed by atoms with Crippen LogP contribution < -0.4 is 0 Å². The number of rotatable bonds is 9. The van der Waals surface area contributed by atoms with Gasteiger partial charge in [0.15, 0.2) is 0 Å². The molecule has 0 spiro atoms. The van der Waals surface area contributed by atoms with Crippen molar-refractivity contribution >= 4 is 75.4 Å². The van der Waals surface area contributed by atoms with Crippen LogP contribution in [0.25, 0.3) is 97.7 Å². The zero-order valence-corrected chi connectivity index (χ0v) is 28.7. The van der Waals surface area contributed by atoms with Gasteiger partial charge in [-0.25, -0.2) is 0 Å². The summed E-state index contributed by atoms with van der Waals surface area (Å²) in [6, 6.07) is 52.9. The summed E-state index contributed by atoms with van der Waals surface area (Å²) < 4.78 is 0. The minimum absolute atomic E-state index is 1.14. The highest BCUT2D eigenvalue weighted by atomic mass is 14.3. The number of fused-ring (bicyclic) bond motifs is 8. The molecule has 0 aliphatic carbocycles. The van der Waals surface area contributed by atoms with Crippen LogP contribution >= 0.6 is 0 Å². The van der Waals surface area contributed by atoms with Crippen LogP contribution in [0.4, 0.5) is 0 Å². The Kier molecular flexibility index (Phi) is 6.98. The van der Waals surface area contributed by atoms with E-state index < -0.39 is 0 Å². The number of aryl methyl sites for hydroxylation is 1. The lowest BCUT2D eigenvalue weighted by Crippen LogP contribution is -1.91. The maximum atomic E-state index is 2.54. The van der Waals surface area contributed by atoms with Gasteiger partial charge in [0.2, 0.25) is 0 Å². The molecular formula is C50H40. The van der Waals surface area contributed by atoms with Crippen molar-refractivity contribution in [1.82, 2.24) is 0 Å². The third-order valence-electron chi connectivity index (χ3n) is 11.5. The van der Waals surface area contributed by atoms with E-state index in [4.69, 9.17) is 0 Å². The Balaban J connectivity index is 1.39. The van der Waals surface area contributed by atoms with Crippen LogP contribution in [-0.4, -0.2) is 0 Å². The Morgan fingerprint density at radius 1 is 0.320 bits per heavy atom. The monoisotopic (exact) mass is 640 g/mol. The molecule has 0 heterocycles. The lowest BCUT2D eigenvalue weighted by atomic mass is 9.84. The van der Waals surface area contributed by atoms with Gasteiger partial charge in [0.25, 0.3) is 0 Å². The van der Waals surface area contributed by atoms with E-state index in [2.05, 4.69) is 146 Å². The quantitative estimate of drug-likeness (QED) is 0.109. The van der Waals surface area contributed by atoms with E-state index in [-0.39, 0.29) is 0 Å². The molecule has 0 nitrogen and oxygen atoms in total. The van der Waals surface area contributed by atoms with Crippen molar-refractivity contribution in [3.05, 3.63) is 145 Å². The van der Waals surface area contributed by atoms with Crippen molar-refractivity contribution in [2.75, 3.05) is 0 Å². The fraction of sp³-hybridized carbons (Fsp3) is 0.160. The lowest BCUT2D eigenvalue weighted by Gasteiger charge is -2.19. The summed E-state index contributed by atoms with van der Waals surface area (Å²) in [7, 11) is 0. The molecule has 0 aliphatic rings. The summed E-state index contributed by atoms with van der Waals surface area (Å²) in [5.74, 6) is 0. The van der Waals surface area contributed by atoms with Gasteiger partial charge in [-0.05, 0) is 122 Å². The molecule has 0 aromatic heterocycles. The summed E-state index contributed by atoms with van der Waals surface area (Å²) in [4.78, 5) is 0. The lowest BCUT2D eigenvalue weighted by molar-refractivity contribution is 0.608. The standard InChI is InChI=1S/C50H40/c1-2-3-4-5-6-9-18-32-29-30-41-46-35(32)25-16-28-40(46)50-45(34-21-12-8-13-22-34)48-39-27-17-26-38-36-23-14-15-24-37(36)42(47(38)39)31-43(48)44(49(41)50)33-19-10-7-11-20-33/h7-8,10-17,19-31H,2-6,9,18H2,1H3. The first-order chi connectivity index (χ1) is 24.8. The summed E-state index contributed by atoms with van der Waals surface area (Å²) >= 11 is 0. The minimum Gasteiger partial charge on any atom is -0.0654 e. The summed E-state index contributed by atoms with van der Waals surface area (Å²) in [5.41, 5.74) is 6.76. The third-order valence-corrected chi connectivity index (χ3v) is 11.5. The van der Waals surface area contributed by atoms with Gasteiger partial charge in [-0.2, -0.15) is 0 Å². The van der Waals surface area contributed by atoms with E-state index in [0.717, 1.165) is 6.42 Å². The number of hydrogen-bond donors (Lipinski definition) is 0. The zero-order chi connectivity index (χ0) is 33.2. The Bertz CT molecular complexity index is 2820. The second-order valence-corrected chi connectivity index (χ2v) is 14.4. The van der Waals surface area contributed by atoms with Crippen LogP contribution in [0.2, 0.25) is 0 Å². The van der Waals surface area contributed by atoms with Gasteiger partial charge in [0, 0.05) is 0 Å². The molecule has 0 atom stereocenters. The Labute approximate surface area is 293 Å². The van der Waals surface area contributed by atoms with E-state index >= 15 is 0 Å². The fourth-order valence-electron chi connectivity index (χ4n) is 9.38. The second-order valence-electron chi connectivity index (χ2n) is 14.4. The van der Waals surface area contributed by atoms with E-state index in [1.54, 1.807) is 0 Å². The normalized spacial score (nSPS) is 12.3. The molecule has 0 saturated heterocycles. The van der Waals surface area contributed by atoms with E-state index in [1.807, 2.05) is 0 Å². The molecule has 0 amide bonds. The molecule has 0 heteroatoms.